The molecule has 3 aliphatic rings. The number of fused-ring (bicyclic) bond motifs is 5. The third-order valence-electron chi connectivity index (χ3n) is 5.98. The summed E-state index contributed by atoms with van der Waals surface area (Å²) in [5.74, 6) is 0. The van der Waals surface area contributed by atoms with Crippen LogP contribution in [-0.4, -0.2) is 22.6 Å². The molecule has 2 unspecified atom stereocenters. The predicted molar refractivity (Wildman–Crippen MR) is 89.8 cm³/mol. The highest BCUT2D eigenvalue weighted by Crippen LogP contribution is 2.69. The van der Waals surface area contributed by atoms with E-state index in [0.29, 0.717) is 11.3 Å². The van der Waals surface area contributed by atoms with Gasteiger partial charge in [-0.3, -0.25) is 0 Å². The Morgan fingerprint density at radius 3 is 2.75 bits per heavy atom. The first-order valence-electron chi connectivity index (χ1n) is 8.09. The van der Waals surface area contributed by atoms with Gasteiger partial charge < -0.3 is 4.57 Å². The molecule has 4 rings (SSSR count). The van der Waals surface area contributed by atoms with Crippen molar-refractivity contribution in [2.24, 2.45) is 0 Å². The average Bonchev–Trinajstić information content (AvgIpc) is 2.91. The van der Waals surface area contributed by atoms with E-state index in [1.807, 2.05) is 0 Å². The third-order valence-corrected chi connectivity index (χ3v) is 13.8. The average molecular weight is 306 g/mol. The maximum Gasteiger partial charge on any atom is 0.121 e. The predicted octanol–water partition coefficient (Wildman–Crippen LogP) is 4.29. The van der Waals surface area contributed by atoms with E-state index < -0.39 is 7.14 Å². The Hall–Kier alpha value is -0.120. The van der Waals surface area contributed by atoms with Crippen LogP contribution in [0, 0.1) is 0 Å². The van der Waals surface area contributed by atoms with Crippen LogP contribution in [-0.2, 0) is 4.57 Å². The van der Waals surface area contributed by atoms with Gasteiger partial charge in [0.15, 0.2) is 0 Å². The van der Waals surface area contributed by atoms with Crippen LogP contribution >= 0.6 is 15.1 Å². The second-order valence-corrected chi connectivity index (χ2v) is 13.4. The molecule has 0 aliphatic carbocycles. The topological polar surface area (TPSA) is 17.1 Å². The summed E-state index contributed by atoms with van der Waals surface area (Å²) in [7, 11) is -2.23. The molecule has 0 radical (unpaired) electrons. The van der Waals surface area contributed by atoms with Gasteiger partial charge in [0, 0.05) is 16.6 Å². The number of hydrogen-bond acceptors (Lipinski definition) is 1. The van der Waals surface area contributed by atoms with Crippen LogP contribution in [0.2, 0.25) is 0 Å². The molecule has 0 aromatic heterocycles. The van der Waals surface area contributed by atoms with Gasteiger partial charge in [0.1, 0.15) is 7.14 Å². The molecule has 1 aromatic carbocycles. The van der Waals surface area contributed by atoms with Crippen LogP contribution in [0.1, 0.15) is 46.0 Å². The molecule has 3 aliphatic heterocycles. The van der Waals surface area contributed by atoms with Crippen molar-refractivity contribution < 1.29 is 4.57 Å². The summed E-state index contributed by atoms with van der Waals surface area (Å²) < 4.78 is 13.9. The van der Waals surface area contributed by atoms with Crippen molar-refractivity contribution in [1.29, 1.82) is 0 Å². The fourth-order valence-electron chi connectivity index (χ4n) is 4.91. The highest BCUT2D eigenvalue weighted by molar-refractivity contribution is 7.77. The quantitative estimate of drug-likeness (QED) is 0.654. The lowest BCUT2D eigenvalue weighted by molar-refractivity contribution is 0.566. The fourth-order valence-corrected chi connectivity index (χ4v) is 13.4. The monoisotopic (exact) mass is 306 g/mol. The zero-order chi connectivity index (χ0) is 13.9. The summed E-state index contributed by atoms with van der Waals surface area (Å²) in [5, 5.41) is 2.83. The van der Waals surface area contributed by atoms with Crippen molar-refractivity contribution in [1.82, 2.24) is 0 Å². The normalized spacial score (nSPS) is 46.4. The minimum Gasteiger partial charge on any atom is -0.318 e. The molecule has 1 nitrogen and oxygen atoms in total. The van der Waals surface area contributed by atoms with Crippen molar-refractivity contribution in [2.45, 2.75) is 68.6 Å². The summed E-state index contributed by atoms with van der Waals surface area (Å²) in [6.07, 6.45) is 6.41. The van der Waals surface area contributed by atoms with Gasteiger partial charge in [0.05, 0.1) is 0 Å². The lowest BCUT2D eigenvalue weighted by Gasteiger charge is -2.25. The Labute approximate surface area is 123 Å². The van der Waals surface area contributed by atoms with Crippen LogP contribution in [0.3, 0.4) is 0 Å². The first-order valence-corrected chi connectivity index (χ1v) is 11.4. The lowest BCUT2D eigenvalue weighted by atomic mass is 10.1. The molecular weight excluding hydrogens is 282 g/mol. The van der Waals surface area contributed by atoms with Crippen molar-refractivity contribution >= 4 is 25.7 Å². The molecule has 2 fully saturated rings. The van der Waals surface area contributed by atoms with Gasteiger partial charge in [-0.25, -0.2) is 0 Å². The van der Waals surface area contributed by atoms with E-state index in [1.165, 1.54) is 42.7 Å². The van der Waals surface area contributed by atoms with Gasteiger partial charge in [0.25, 0.3) is 0 Å². The van der Waals surface area contributed by atoms with Gasteiger partial charge in [-0.15, -0.1) is 0 Å². The number of benzene rings is 1. The molecule has 20 heavy (non-hydrogen) atoms. The SMILES string of the molecule is C[C@@H]1CC[C@H]2C[C@@H]3CC[C@@H](C)P3(=O)c3ccccc3P21. The van der Waals surface area contributed by atoms with Crippen LogP contribution < -0.4 is 10.6 Å². The van der Waals surface area contributed by atoms with Gasteiger partial charge in [-0.2, -0.15) is 0 Å². The lowest BCUT2D eigenvalue weighted by Crippen LogP contribution is -2.28. The second-order valence-electron chi connectivity index (χ2n) is 7.00. The Bertz CT molecular complexity index is 582. The molecule has 2 saturated heterocycles. The summed E-state index contributed by atoms with van der Waals surface area (Å²) in [6.45, 7) is 4.68. The Morgan fingerprint density at radius 1 is 1.10 bits per heavy atom. The van der Waals surface area contributed by atoms with Crippen LogP contribution in [0.4, 0.5) is 0 Å². The summed E-state index contributed by atoms with van der Waals surface area (Å²) >= 11 is 0. The molecule has 108 valence electrons. The van der Waals surface area contributed by atoms with E-state index >= 15 is 0 Å². The molecular formula is C17H24OP2. The number of rotatable bonds is 0. The smallest absolute Gasteiger partial charge is 0.121 e. The standard InChI is InChI=1S/C17H24OP2/c1-12-7-9-14-11-15-10-8-13(2)20(15,18)17-6-4-3-5-16(17)19(12)14/h3-6,12-15H,7-11H2,1-2H3/t12-,13-,14+,15+,19?,20?/m1/s1. The van der Waals surface area contributed by atoms with Crippen molar-refractivity contribution in [3.63, 3.8) is 0 Å². The number of hydrogen-bond donors (Lipinski definition) is 0. The molecule has 3 heterocycles. The Morgan fingerprint density at radius 2 is 1.90 bits per heavy atom. The molecule has 1 aromatic rings. The maximum absolute atomic E-state index is 13.9. The minimum atomic E-state index is -2.16. The van der Waals surface area contributed by atoms with E-state index in [0.717, 1.165) is 11.3 Å². The third kappa shape index (κ3) is 1.69. The highest BCUT2D eigenvalue weighted by Gasteiger charge is 2.51. The van der Waals surface area contributed by atoms with E-state index in [9.17, 15) is 4.57 Å². The molecule has 0 saturated carbocycles. The fraction of sp³-hybridized carbons (Fsp3) is 0.647. The van der Waals surface area contributed by atoms with E-state index in [-0.39, 0.29) is 7.92 Å². The largest absolute Gasteiger partial charge is 0.318 e. The van der Waals surface area contributed by atoms with Crippen molar-refractivity contribution in [3.05, 3.63) is 24.3 Å². The van der Waals surface area contributed by atoms with Crippen LogP contribution in [0.5, 0.6) is 0 Å². The maximum atomic E-state index is 13.9. The zero-order valence-corrected chi connectivity index (χ0v) is 14.2. The Balaban J connectivity index is 1.95. The summed E-state index contributed by atoms with van der Waals surface area (Å²) in [6, 6.07) is 8.84. The van der Waals surface area contributed by atoms with Crippen LogP contribution in [0.25, 0.3) is 0 Å². The van der Waals surface area contributed by atoms with Gasteiger partial charge >= 0.3 is 0 Å². The molecule has 0 spiro atoms. The van der Waals surface area contributed by atoms with E-state index in [4.69, 9.17) is 0 Å². The van der Waals surface area contributed by atoms with Gasteiger partial charge in [-0.05, 0) is 48.7 Å². The molecule has 6 atom stereocenters. The second kappa shape index (κ2) is 4.69. The Kier molecular flexibility index (Phi) is 3.17. The first kappa shape index (κ1) is 13.5. The van der Waals surface area contributed by atoms with Gasteiger partial charge in [0.2, 0.25) is 0 Å². The first-order chi connectivity index (χ1) is 9.62. The van der Waals surface area contributed by atoms with Crippen LogP contribution in [0.15, 0.2) is 24.3 Å². The van der Waals surface area contributed by atoms with Crippen molar-refractivity contribution in [2.75, 3.05) is 0 Å². The summed E-state index contributed by atoms with van der Waals surface area (Å²) in [5.41, 5.74) is 2.60. The molecule has 3 heteroatoms. The van der Waals surface area contributed by atoms with Gasteiger partial charge in [-0.1, -0.05) is 46.0 Å². The minimum absolute atomic E-state index is 0.0715. The molecule has 0 amide bonds. The van der Waals surface area contributed by atoms with E-state index in [2.05, 4.69) is 38.1 Å². The van der Waals surface area contributed by atoms with Crippen molar-refractivity contribution in [3.8, 4) is 0 Å². The molecule has 0 bridgehead atoms. The molecule has 0 N–H and O–H groups in total. The zero-order valence-electron chi connectivity index (χ0n) is 12.5. The highest BCUT2D eigenvalue weighted by atomic mass is 31.2. The summed E-state index contributed by atoms with van der Waals surface area (Å²) in [4.78, 5) is 0. The van der Waals surface area contributed by atoms with E-state index in [1.54, 1.807) is 0 Å².